The highest BCUT2D eigenvalue weighted by Gasteiger charge is 2.60. The lowest BCUT2D eigenvalue weighted by molar-refractivity contribution is 0.369. The summed E-state index contributed by atoms with van der Waals surface area (Å²) in [6.45, 7) is 13.0. The van der Waals surface area contributed by atoms with Crippen molar-refractivity contribution in [3.63, 3.8) is 0 Å². The highest BCUT2D eigenvalue weighted by molar-refractivity contribution is 7.89. The van der Waals surface area contributed by atoms with E-state index in [0.717, 1.165) is 11.6 Å². The molecule has 0 aliphatic carbocycles. The Labute approximate surface area is 136 Å². The Morgan fingerprint density at radius 3 is 2.09 bits per heavy atom. The quantitative estimate of drug-likeness (QED) is 0.597. The molecule has 3 atom stereocenters. The average molecular weight is 340 g/mol. The van der Waals surface area contributed by atoms with Gasteiger partial charge in [0.25, 0.3) is 0 Å². The van der Waals surface area contributed by atoms with Gasteiger partial charge in [-0.2, -0.15) is 4.31 Å². The first-order valence-corrected chi connectivity index (χ1v) is 13.3. The Kier molecular flexibility index (Phi) is 4.64. The third kappa shape index (κ3) is 4.00. The van der Waals surface area contributed by atoms with Crippen molar-refractivity contribution >= 4 is 18.1 Å². The average Bonchev–Trinajstić information content (AvgIpc) is 3.13. The summed E-state index contributed by atoms with van der Waals surface area (Å²) in [6.07, 6.45) is 0. The van der Waals surface area contributed by atoms with Gasteiger partial charge in [0.05, 0.1) is 17.8 Å². The number of nitrogens with zero attached hydrogens (tertiary/aromatic N) is 1. The summed E-state index contributed by atoms with van der Waals surface area (Å²) in [5.41, 5.74) is 1.06. The van der Waals surface area contributed by atoms with Gasteiger partial charge in [-0.1, -0.05) is 70.7 Å². The van der Waals surface area contributed by atoms with E-state index in [0.29, 0.717) is 5.75 Å². The molecule has 0 radical (unpaired) electrons. The zero-order valence-electron chi connectivity index (χ0n) is 14.6. The molecule has 1 aliphatic rings. The predicted octanol–water partition coefficient (Wildman–Crippen LogP) is 4.13. The van der Waals surface area contributed by atoms with Gasteiger partial charge in [-0.3, -0.25) is 0 Å². The van der Waals surface area contributed by atoms with Gasteiger partial charge in [0.2, 0.25) is 10.0 Å². The fourth-order valence-electron chi connectivity index (χ4n) is 2.93. The van der Waals surface area contributed by atoms with Crippen molar-refractivity contribution in [2.24, 2.45) is 5.41 Å². The maximum absolute atomic E-state index is 12.8. The first kappa shape index (κ1) is 17.7. The molecule has 1 aromatic carbocycles. The number of sulfonamides is 1. The van der Waals surface area contributed by atoms with Crippen LogP contribution in [0.25, 0.3) is 0 Å². The maximum atomic E-state index is 12.8. The third-order valence-electron chi connectivity index (χ3n) is 4.22. The summed E-state index contributed by atoms with van der Waals surface area (Å²) in [5, 5.41) is 0. The number of rotatable bonds is 5. The molecule has 0 saturated carbocycles. The first-order valence-electron chi connectivity index (χ1n) is 8.00. The second kappa shape index (κ2) is 5.76. The van der Waals surface area contributed by atoms with E-state index >= 15 is 0 Å². The van der Waals surface area contributed by atoms with Gasteiger partial charge in [0.15, 0.2) is 0 Å². The second-order valence-corrected chi connectivity index (χ2v) is 16.2. The molecular formula is C17H29NO2SSi. The minimum Gasteiger partial charge on any atom is -0.212 e. The van der Waals surface area contributed by atoms with E-state index in [1.54, 1.807) is 4.31 Å². The van der Waals surface area contributed by atoms with Crippen LogP contribution in [0.1, 0.15) is 32.4 Å². The van der Waals surface area contributed by atoms with Gasteiger partial charge in [-0.25, -0.2) is 8.42 Å². The highest BCUT2D eigenvalue weighted by atomic mass is 32.2. The van der Waals surface area contributed by atoms with Crippen molar-refractivity contribution in [1.29, 1.82) is 0 Å². The molecule has 0 amide bonds. The van der Waals surface area contributed by atoms with Crippen LogP contribution in [-0.2, 0) is 10.0 Å². The second-order valence-electron chi connectivity index (χ2n) is 8.62. The zero-order chi connectivity index (χ0) is 16.8. The highest BCUT2D eigenvalue weighted by Crippen LogP contribution is 2.54. The Morgan fingerprint density at radius 1 is 1.09 bits per heavy atom. The van der Waals surface area contributed by atoms with Crippen LogP contribution < -0.4 is 0 Å². The van der Waals surface area contributed by atoms with Gasteiger partial charge < -0.3 is 0 Å². The summed E-state index contributed by atoms with van der Waals surface area (Å²) >= 11 is 0. The lowest BCUT2D eigenvalue weighted by atomic mass is 9.88. The third-order valence-corrected chi connectivity index (χ3v) is 8.15. The molecular weight excluding hydrogens is 310 g/mol. The predicted molar refractivity (Wildman–Crippen MR) is 96.2 cm³/mol. The molecule has 0 N–H and O–H groups in total. The van der Waals surface area contributed by atoms with Crippen LogP contribution in [0.15, 0.2) is 30.3 Å². The maximum Gasteiger partial charge on any atom is 0.214 e. The Balaban J connectivity index is 2.25. The fraction of sp³-hybridized carbons (Fsp3) is 0.647. The van der Waals surface area contributed by atoms with Gasteiger partial charge in [0.1, 0.15) is 0 Å². The van der Waals surface area contributed by atoms with Crippen molar-refractivity contribution < 1.29 is 8.42 Å². The monoisotopic (exact) mass is 339 g/mol. The smallest absolute Gasteiger partial charge is 0.212 e. The van der Waals surface area contributed by atoms with Crippen LogP contribution in [-0.4, -0.2) is 32.6 Å². The normalized spacial score (nSPS) is 26.0. The van der Waals surface area contributed by atoms with Crippen LogP contribution in [0.2, 0.25) is 25.7 Å². The molecule has 0 spiro atoms. The Morgan fingerprint density at radius 2 is 1.64 bits per heavy atom. The minimum atomic E-state index is -3.18. The van der Waals surface area contributed by atoms with E-state index in [2.05, 4.69) is 40.4 Å². The molecule has 1 unspecified atom stereocenters. The van der Waals surface area contributed by atoms with Crippen LogP contribution in [0, 0.1) is 5.41 Å². The lowest BCUT2D eigenvalue weighted by Crippen LogP contribution is -2.29. The molecule has 5 heteroatoms. The summed E-state index contributed by atoms with van der Waals surface area (Å²) < 4.78 is 27.4. The zero-order valence-corrected chi connectivity index (χ0v) is 16.4. The molecule has 1 fully saturated rings. The summed E-state index contributed by atoms with van der Waals surface area (Å²) in [4.78, 5) is 0. The van der Waals surface area contributed by atoms with Crippen LogP contribution in [0.5, 0.6) is 0 Å². The van der Waals surface area contributed by atoms with Crippen LogP contribution in [0.3, 0.4) is 0 Å². The van der Waals surface area contributed by atoms with Crippen molar-refractivity contribution in [3.8, 4) is 0 Å². The van der Waals surface area contributed by atoms with Crippen molar-refractivity contribution in [3.05, 3.63) is 35.9 Å². The topological polar surface area (TPSA) is 37.1 Å². The molecule has 0 aromatic heterocycles. The number of hydrogen-bond acceptors (Lipinski definition) is 2. The van der Waals surface area contributed by atoms with Gasteiger partial charge in [-0.05, 0) is 17.0 Å². The lowest BCUT2D eigenvalue weighted by Gasteiger charge is -2.19. The fourth-order valence-corrected chi connectivity index (χ4v) is 7.93. The summed E-state index contributed by atoms with van der Waals surface area (Å²) in [5.74, 6) is 0.290. The molecule has 124 valence electrons. The van der Waals surface area contributed by atoms with Crippen molar-refractivity contribution in [2.45, 2.75) is 58.5 Å². The van der Waals surface area contributed by atoms with Crippen LogP contribution in [0.4, 0.5) is 0 Å². The van der Waals surface area contributed by atoms with E-state index in [1.807, 2.05) is 30.3 Å². The Hall–Kier alpha value is -0.653. The minimum absolute atomic E-state index is 0.00725. The summed E-state index contributed by atoms with van der Waals surface area (Å²) in [7, 11) is -4.54. The van der Waals surface area contributed by atoms with Gasteiger partial charge in [0, 0.05) is 8.07 Å². The van der Waals surface area contributed by atoms with Crippen LogP contribution >= 0.6 is 0 Å². The van der Waals surface area contributed by atoms with E-state index in [-0.39, 0.29) is 17.5 Å². The first-order chi connectivity index (χ1) is 9.93. The van der Waals surface area contributed by atoms with Crippen molar-refractivity contribution in [2.75, 3.05) is 5.75 Å². The molecule has 0 bridgehead atoms. The standard InChI is InChI=1S/C17H29NO2SSi/c1-17(2,3)16-15(14-10-8-7-9-11-14)18(16)21(19,20)12-13-22(4,5)6/h7-11,15-16H,12-13H2,1-6H3/t15-,16-,18?/m1/s1. The molecule has 3 nitrogen and oxygen atoms in total. The van der Waals surface area contributed by atoms with Gasteiger partial charge >= 0.3 is 0 Å². The number of hydrogen-bond donors (Lipinski definition) is 0. The molecule has 22 heavy (non-hydrogen) atoms. The van der Waals surface area contributed by atoms with E-state index in [9.17, 15) is 8.42 Å². The molecule has 1 aliphatic heterocycles. The molecule has 1 heterocycles. The Bertz CT molecular complexity index is 614. The van der Waals surface area contributed by atoms with Crippen molar-refractivity contribution in [1.82, 2.24) is 4.31 Å². The molecule has 1 saturated heterocycles. The van der Waals surface area contributed by atoms with E-state index < -0.39 is 18.1 Å². The molecule has 1 aromatic rings. The van der Waals surface area contributed by atoms with E-state index in [1.165, 1.54) is 0 Å². The summed E-state index contributed by atoms with van der Waals surface area (Å²) in [6, 6.07) is 10.9. The molecule has 2 rings (SSSR count). The van der Waals surface area contributed by atoms with E-state index in [4.69, 9.17) is 0 Å². The largest absolute Gasteiger partial charge is 0.214 e. The SMILES string of the molecule is CC(C)(C)[C@H]1[C@@H](c2ccccc2)N1S(=O)(=O)CC[Si](C)(C)C. The van der Waals surface area contributed by atoms with Gasteiger partial charge in [-0.15, -0.1) is 0 Å². The number of benzene rings is 1.